The van der Waals surface area contributed by atoms with Gasteiger partial charge >= 0.3 is 0 Å². The normalized spacial score (nSPS) is 25.1. The van der Waals surface area contributed by atoms with E-state index < -0.39 is 0 Å². The van der Waals surface area contributed by atoms with Crippen LogP contribution >= 0.6 is 0 Å². The largest absolute Gasteiger partial charge is 0.325 e. The first kappa shape index (κ1) is 6.71. The average molecular weight is 128 g/mol. The number of nitrogens with zero attached hydrogens (tertiary/aromatic N) is 1. The minimum Gasteiger partial charge on any atom is -0.325 e. The zero-order valence-corrected chi connectivity index (χ0v) is 5.58. The predicted octanol–water partition coefficient (Wildman–Crippen LogP) is -0.783. The topological polar surface area (TPSA) is 46.3 Å². The summed E-state index contributed by atoms with van der Waals surface area (Å²) in [6.45, 7) is 3.64. The van der Waals surface area contributed by atoms with E-state index in [1.54, 1.807) is 0 Å². The lowest BCUT2D eigenvalue weighted by atomic mass is 10.1. The lowest BCUT2D eigenvalue weighted by molar-refractivity contribution is -0.113. The van der Waals surface area contributed by atoms with E-state index in [2.05, 4.69) is 4.90 Å². The summed E-state index contributed by atoms with van der Waals surface area (Å²) in [5, 5.41) is 0. The van der Waals surface area contributed by atoms with Crippen molar-refractivity contribution in [3.63, 3.8) is 0 Å². The third-order valence-corrected chi connectivity index (χ3v) is 1.71. The second kappa shape index (κ2) is 2.45. The first-order chi connectivity index (χ1) is 4.24. The number of carbonyl (C=O) groups excluding carboxylic acids is 1. The van der Waals surface area contributed by atoms with E-state index in [9.17, 15) is 4.79 Å². The summed E-state index contributed by atoms with van der Waals surface area (Å²) in [7, 11) is 0. The molecule has 0 aromatic carbocycles. The molecule has 1 heterocycles. The van der Waals surface area contributed by atoms with Crippen molar-refractivity contribution >= 4 is 6.29 Å². The third-order valence-electron chi connectivity index (χ3n) is 1.71. The van der Waals surface area contributed by atoms with Gasteiger partial charge in [-0.25, -0.2) is 0 Å². The van der Waals surface area contributed by atoms with E-state index in [0.717, 1.165) is 19.4 Å². The minimum atomic E-state index is 0.0600. The highest BCUT2D eigenvalue weighted by Crippen LogP contribution is 2.07. The number of hydrogen-bond acceptors (Lipinski definition) is 3. The van der Waals surface area contributed by atoms with Gasteiger partial charge < -0.3 is 10.5 Å². The fourth-order valence-electron chi connectivity index (χ4n) is 0.968. The van der Waals surface area contributed by atoms with Gasteiger partial charge in [0, 0.05) is 19.1 Å². The lowest BCUT2D eigenvalue weighted by Gasteiger charge is -2.38. The summed E-state index contributed by atoms with van der Waals surface area (Å²) in [6, 6.07) is 0.359. The zero-order valence-electron chi connectivity index (χ0n) is 5.58. The highest BCUT2D eigenvalue weighted by molar-refractivity contribution is 5.57. The molecule has 2 N–H and O–H groups in total. The number of carbonyl (C=O) groups is 1. The highest BCUT2D eigenvalue weighted by Gasteiger charge is 2.26. The van der Waals surface area contributed by atoms with Crippen molar-refractivity contribution in [2.45, 2.75) is 19.0 Å². The van der Waals surface area contributed by atoms with Crippen LogP contribution in [0.25, 0.3) is 0 Å². The van der Waals surface area contributed by atoms with E-state index in [0.29, 0.717) is 6.04 Å². The second-order valence-corrected chi connectivity index (χ2v) is 2.59. The van der Waals surface area contributed by atoms with Crippen LogP contribution in [-0.4, -0.2) is 36.4 Å². The quantitative estimate of drug-likeness (QED) is 0.496. The molecule has 0 aromatic rings. The van der Waals surface area contributed by atoms with Crippen molar-refractivity contribution in [2.24, 2.45) is 5.73 Å². The molecule has 0 saturated carbocycles. The predicted molar refractivity (Wildman–Crippen MR) is 35.1 cm³/mol. The number of nitrogens with two attached hydrogens (primary N) is 1. The molecule has 3 nitrogen and oxygen atoms in total. The third kappa shape index (κ3) is 1.28. The highest BCUT2D eigenvalue weighted by atomic mass is 16.1. The van der Waals surface area contributed by atoms with Crippen LogP contribution in [0.2, 0.25) is 0 Å². The molecule has 0 aromatic heterocycles. The summed E-state index contributed by atoms with van der Waals surface area (Å²) >= 11 is 0. The van der Waals surface area contributed by atoms with Crippen LogP contribution in [0.15, 0.2) is 0 Å². The van der Waals surface area contributed by atoms with Crippen molar-refractivity contribution in [1.29, 1.82) is 0 Å². The van der Waals surface area contributed by atoms with Gasteiger partial charge in [0.2, 0.25) is 0 Å². The molecule has 0 spiro atoms. The summed E-state index contributed by atoms with van der Waals surface area (Å²) in [5.74, 6) is 0. The zero-order chi connectivity index (χ0) is 6.85. The molecular weight excluding hydrogens is 116 g/mol. The van der Waals surface area contributed by atoms with Gasteiger partial charge in [0.25, 0.3) is 0 Å². The van der Waals surface area contributed by atoms with Crippen molar-refractivity contribution in [2.75, 3.05) is 13.1 Å². The van der Waals surface area contributed by atoms with Gasteiger partial charge in [0.1, 0.15) is 6.29 Å². The molecule has 9 heavy (non-hydrogen) atoms. The molecule has 1 aliphatic heterocycles. The van der Waals surface area contributed by atoms with E-state index in [1.807, 2.05) is 6.92 Å². The number of hydrogen-bond donors (Lipinski definition) is 1. The Kier molecular flexibility index (Phi) is 1.83. The first-order valence-electron chi connectivity index (χ1n) is 3.19. The van der Waals surface area contributed by atoms with Gasteiger partial charge in [-0.2, -0.15) is 0 Å². The molecule has 1 rings (SSSR count). The Morgan fingerprint density at radius 1 is 1.78 bits per heavy atom. The fourth-order valence-corrected chi connectivity index (χ4v) is 0.968. The van der Waals surface area contributed by atoms with Crippen LogP contribution in [0.1, 0.15) is 6.92 Å². The Bertz CT molecular complexity index is 110. The molecule has 0 radical (unpaired) electrons. The Labute approximate surface area is 54.8 Å². The van der Waals surface area contributed by atoms with E-state index in [4.69, 9.17) is 5.73 Å². The lowest BCUT2D eigenvalue weighted by Crippen LogP contribution is -2.59. The molecule has 1 unspecified atom stereocenters. The number of rotatable bonds is 2. The number of likely N-dealkylation sites (tertiary alicyclic amines) is 1. The standard InChI is InChI=1S/C6H12N2O/c1-5(4-9)8-2-6(7)3-8/h4-6H,2-3,7H2,1H3. The summed E-state index contributed by atoms with van der Waals surface area (Å²) in [5.41, 5.74) is 5.50. The minimum absolute atomic E-state index is 0.0600. The van der Waals surface area contributed by atoms with Gasteiger partial charge in [-0.1, -0.05) is 0 Å². The molecule has 1 aliphatic rings. The molecule has 0 amide bonds. The van der Waals surface area contributed by atoms with Crippen LogP contribution in [0.4, 0.5) is 0 Å². The summed E-state index contributed by atoms with van der Waals surface area (Å²) in [4.78, 5) is 12.2. The van der Waals surface area contributed by atoms with E-state index >= 15 is 0 Å². The summed E-state index contributed by atoms with van der Waals surface area (Å²) in [6.07, 6.45) is 0.950. The molecule has 1 fully saturated rings. The summed E-state index contributed by atoms with van der Waals surface area (Å²) < 4.78 is 0. The maximum absolute atomic E-state index is 10.2. The average Bonchev–Trinajstić information content (AvgIpc) is 1.79. The SMILES string of the molecule is CC(C=O)N1CC(N)C1. The Morgan fingerprint density at radius 2 is 2.33 bits per heavy atom. The monoisotopic (exact) mass is 128 g/mol. The Morgan fingerprint density at radius 3 is 2.67 bits per heavy atom. The van der Waals surface area contributed by atoms with Gasteiger partial charge in [-0.3, -0.25) is 4.90 Å². The maximum atomic E-state index is 10.2. The van der Waals surface area contributed by atoms with Gasteiger partial charge in [0.05, 0.1) is 6.04 Å². The first-order valence-corrected chi connectivity index (χ1v) is 3.19. The van der Waals surface area contributed by atoms with Crippen LogP contribution in [0, 0.1) is 0 Å². The fraction of sp³-hybridized carbons (Fsp3) is 0.833. The molecule has 0 bridgehead atoms. The van der Waals surface area contributed by atoms with Crippen LogP contribution in [-0.2, 0) is 4.79 Å². The molecule has 1 atom stereocenters. The van der Waals surface area contributed by atoms with Crippen molar-refractivity contribution in [3.05, 3.63) is 0 Å². The van der Waals surface area contributed by atoms with Crippen LogP contribution in [0.3, 0.4) is 0 Å². The van der Waals surface area contributed by atoms with Gasteiger partial charge in [0.15, 0.2) is 0 Å². The number of aldehydes is 1. The second-order valence-electron chi connectivity index (χ2n) is 2.59. The Hall–Kier alpha value is -0.410. The smallest absolute Gasteiger partial charge is 0.136 e. The van der Waals surface area contributed by atoms with Crippen molar-refractivity contribution in [3.8, 4) is 0 Å². The van der Waals surface area contributed by atoms with E-state index in [-0.39, 0.29) is 6.04 Å². The Balaban J connectivity index is 2.23. The molecule has 1 saturated heterocycles. The van der Waals surface area contributed by atoms with Gasteiger partial charge in [-0.15, -0.1) is 0 Å². The van der Waals surface area contributed by atoms with Crippen molar-refractivity contribution < 1.29 is 4.79 Å². The molecular formula is C6H12N2O. The van der Waals surface area contributed by atoms with E-state index in [1.165, 1.54) is 0 Å². The van der Waals surface area contributed by atoms with Crippen LogP contribution in [0.5, 0.6) is 0 Å². The van der Waals surface area contributed by atoms with Crippen LogP contribution < -0.4 is 5.73 Å². The van der Waals surface area contributed by atoms with Crippen molar-refractivity contribution in [1.82, 2.24) is 4.90 Å². The maximum Gasteiger partial charge on any atom is 0.136 e. The molecule has 52 valence electrons. The van der Waals surface area contributed by atoms with Gasteiger partial charge in [-0.05, 0) is 6.92 Å². The molecule has 3 heteroatoms. The molecule has 0 aliphatic carbocycles.